The van der Waals surface area contributed by atoms with Gasteiger partial charge in [0.1, 0.15) is 11.6 Å². The topological polar surface area (TPSA) is 50.2 Å². The Kier molecular flexibility index (Phi) is 8.10. The van der Waals surface area contributed by atoms with Crippen LogP contribution in [0.25, 0.3) is 16.7 Å². The van der Waals surface area contributed by atoms with Gasteiger partial charge in [-0.25, -0.2) is 9.37 Å². The number of halogens is 1. The second-order valence-electron chi connectivity index (χ2n) is 11.4. The lowest BCUT2D eigenvalue weighted by molar-refractivity contribution is 0.102. The zero-order chi connectivity index (χ0) is 28.2. The first kappa shape index (κ1) is 27.2. The number of aryl methyl sites for hydroxylation is 1. The normalized spacial score (nSPS) is 17.8. The van der Waals surface area contributed by atoms with Gasteiger partial charge >= 0.3 is 0 Å². The number of imidazole rings is 1. The lowest BCUT2D eigenvalue weighted by atomic mass is 9.84. The number of aromatic nitrogens is 2. The Morgan fingerprint density at radius 2 is 1.83 bits per heavy atom. The summed E-state index contributed by atoms with van der Waals surface area (Å²) >= 11 is 0. The number of nitrogens with zero attached hydrogens (tertiary/aromatic N) is 3. The van der Waals surface area contributed by atoms with Crippen LogP contribution in [0.5, 0.6) is 0 Å². The zero-order valence-corrected chi connectivity index (χ0v) is 23.6. The number of allylic oxidation sites excluding steroid dienone is 4. The predicted octanol–water partition coefficient (Wildman–Crippen LogP) is 7.50. The molecule has 1 aromatic heterocycles. The first-order valence-electron chi connectivity index (χ1n) is 14.7. The van der Waals surface area contributed by atoms with E-state index in [0.29, 0.717) is 11.5 Å². The highest BCUT2D eigenvalue weighted by atomic mass is 19.1. The molecule has 2 heterocycles. The van der Waals surface area contributed by atoms with Crippen molar-refractivity contribution in [3.63, 3.8) is 0 Å². The Morgan fingerprint density at radius 1 is 1.02 bits per heavy atom. The molecule has 6 rings (SSSR count). The summed E-state index contributed by atoms with van der Waals surface area (Å²) in [7, 11) is 0. The number of para-hydroxylation sites is 1. The van der Waals surface area contributed by atoms with Crippen LogP contribution < -0.4 is 5.32 Å². The molecule has 1 saturated heterocycles. The fourth-order valence-electron chi connectivity index (χ4n) is 6.27. The molecule has 1 unspecified atom stereocenters. The van der Waals surface area contributed by atoms with Crippen LogP contribution in [0, 0.1) is 24.6 Å². The molecule has 0 bridgehead atoms. The molecule has 3 aromatic carbocycles. The van der Waals surface area contributed by atoms with Gasteiger partial charge in [-0.05, 0) is 118 Å². The van der Waals surface area contributed by atoms with Crippen molar-refractivity contribution in [2.24, 2.45) is 11.8 Å². The molecule has 1 fully saturated rings. The maximum Gasteiger partial charge on any atom is 0.255 e. The molecule has 0 saturated carbocycles. The largest absolute Gasteiger partial charge is 0.322 e. The molecular weight excluding hydrogens is 511 g/mol. The Morgan fingerprint density at radius 3 is 2.61 bits per heavy atom. The number of carbonyl (C=O) groups is 1. The number of carbonyl (C=O) groups excluding carboxylic acids is 1. The molecule has 0 radical (unpaired) electrons. The average Bonchev–Trinajstić information content (AvgIpc) is 3.33. The predicted molar refractivity (Wildman–Crippen MR) is 164 cm³/mol. The Hall–Kier alpha value is -4.03. The third-order valence-corrected chi connectivity index (χ3v) is 8.54. The van der Waals surface area contributed by atoms with Crippen LogP contribution in [0.15, 0.2) is 91.0 Å². The molecule has 6 heteroatoms. The second kappa shape index (κ2) is 12.2. The number of hydrogen-bond donors (Lipinski definition) is 1. The lowest BCUT2D eigenvalue weighted by Crippen LogP contribution is -2.35. The van der Waals surface area contributed by atoms with Gasteiger partial charge < -0.3 is 10.2 Å². The molecular formula is C35H37FN4O. The number of benzene rings is 3. The van der Waals surface area contributed by atoms with Gasteiger partial charge in [-0.2, -0.15) is 0 Å². The van der Waals surface area contributed by atoms with Crippen molar-refractivity contribution in [1.29, 1.82) is 0 Å². The van der Waals surface area contributed by atoms with Gasteiger partial charge in [-0.15, -0.1) is 0 Å². The summed E-state index contributed by atoms with van der Waals surface area (Å²) in [5.41, 5.74) is 4.97. The molecule has 1 aliphatic heterocycles. The van der Waals surface area contributed by atoms with E-state index in [2.05, 4.69) is 45.6 Å². The van der Waals surface area contributed by atoms with Crippen molar-refractivity contribution in [2.75, 3.05) is 25.0 Å². The number of fused-ring (bicyclic) bond motifs is 1. The molecule has 2 aliphatic rings. The van der Waals surface area contributed by atoms with Crippen molar-refractivity contribution in [3.05, 3.63) is 114 Å². The van der Waals surface area contributed by atoms with Gasteiger partial charge in [-0.1, -0.05) is 42.5 Å². The molecule has 1 aliphatic carbocycles. The number of likely N-dealkylation sites (tertiary alicyclic amines) is 1. The summed E-state index contributed by atoms with van der Waals surface area (Å²) in [6.07, 6.45) is 14.9. The standard InChI is InChI=1S/C35H37FN4O/c1-25-37-33-16-11-29(24-34(33)40(25)31-14-12-30(36)13-15-31)35(41)38-32-10-6-5-9-28(32)19-22-39-20-17-27(18-21-39)23-26-7-3-2-4-8-26/h2-7,9-16,24,26-27H,8,17-23H2,1H3,(H,38,41). The third kappa shape index (κ3) is 6.33. The minimum Gasteiger partial charge on any atom is -0.322 e. The number of nitrogens with one attached hydrogen (secondary N) is 1. The minimum atomic E-state index is -0.288. The second-order valence-corrected chi connectivity index (χ2v) is 11.4. The quantitative estimate of drug-likeness (QED) is 0.248. The highest BCUT2D eigenvalue weighted by Crippen LogP contribution is 2.29. The van der Waals surface area contributed by atoms with Crippen LogP contribution in [0.3, 0.4) is 0 Å². The summed E-state index contributed by atoms with van der Waals surface area (Å²) in [4.78, 5) is 20.6. The summed E-state index contributed by atoms with van der Waals surface area (Å²) in [5.74, 6) is 1.86. The van der Waals surface area contributed by atoms with Gasteiger partial charge in [0.25, 0.3) is 5.91 Å². The fraction of sp³-hybridized carbons (Fsp3) is 0.314. The molecule has 1 amide bonds. The van der Waals surface area contributed by atoms with Crippen molar-refractivity contribution in [2.45, 2.75) is 39.0 Å². The monoisotopic (exact) mass is 548 g/mol. The van der Waals surface area contributed by atoms with E-state index in [4.69, 9.17) is 0 Å². The van der Waals surface area contributed by atoms with Crippen LogP contribution in [0.2, 0.25) is 0 Å². The Balaban J connectivity index is 1.10. The molecule has 5 nitrogen and oxygen atoms in total. The van der Waals surface area contributed by atoms with Gasteiger partial charge in [-0.3, -0.25) is 9.36 Å². The van der Waals surface area contributed by atoms with Gasteiger partial charge in [0.05, 0.1) is 11.0 Å². The van der Waals surface area contributed by atoms with E-state index in [1.54, 1.807) is 12.1 Å². The van der Waals surface area contributed by atoms with E-state index >= 15 is 0 Å². The number of piperidine rings is 1. The van der Waals surface area contributed by atoms with Gasteiger partial charge in [0.15, 0.2) is 0 Å². The van der Waals surface area contributed by atoms with Gasteiger partial charge in [0.2, 0.25) is 0 Å². The molecule has 1 atom stereocenters. The number of rotatable bonds is 8. The minimum absolute atomic E-state index is 0.156. The van der Waals surface area contributed by atoms with Crippen molar-refractivity contribution in [3.8, 4) is 5.69 Å². The summed E-state index contributed by atoms with van der Waals surface area (Å²) in [6.45, 7) is 5.20. The summed E-state index contributed by atoms with van der Waals surface area (Å²) in [5, 5.41) is 3.16. The van der Waals surface area contributed by atoms with E-state index < -0.39 is 0 Å². The molecule has 4 aromatic rings. The SMILES string of the molecule is Cc1nc2ccc(C(=O)Nc3ccccc3CCN3CCC(CC4C=CC=CC4)CC3)cc2n1-c1ccc(F)cc1. The molecule has 210 valence electrons. The first-order chi connectivity index (χ1) is 20.0. The van der Waals surface area contributed by atoms with E-state index in [0.717, 1.165) is 65.8 Å². The van der Waals surface area contributed by atoms with Crippen LogP contribution in [-0.4, -0.2) is 40.0 Å². The maximum atomic E-state index is 13.5. The van der Waals surface area contributed by atoms with Crippen LogP contribution in [-0.2, 0) is 6.42 Å². The molecule has 0 spiro atoms. The smallest absolute Gasteiger partial charge is 0.255 e. The highest BCUT2D eigenvalue weighted by molar-refractivity contribution is 6.06. The highest BCUT2D eigenvalue weighted by Gasteiger charge is 2.22. The lowest BCUT2D eigenvalue weighted by Gasteiger charge is -2.33. The van der Waals surface area contributed by atoms with Crippen LogP contribution in [0.4, 0.5) is 10.1 Å². The van der Waals surface area contributed by atoms with E-state index in [1.165, 1.54) is 37.8 Å². The fourth-order valence-corrected chi connectivity index (χ4v) is 6.27. The van der Waals surface area contributed by atoms with Crippen molar-refractivity contribution >= 4 is 22.6 Å². The number of anilines is 1. The van der Waals surface area contributed by atoms with E-state index in [-0.39, 0.29) is 11.7 Å². The van der Waals surface area contributed by atoms with E-state index in [9.17, 15) is 9.18 Å². The average molecular weight is 549 g/mol. The maximum absolute atomic E-state index is 13.5. The van der Waals surface area contributed by atoms with Gasteiger partial charge in [0, 0.05) is 23.5 Å². The summed E-state index contributed by atoms with van der Waals surface area (Å²) < 4.78 is 15.5. The van der Waals surface area contributed by atoms with Crippen molar-refractivity contribution < 1.29 is 9.18 Å². The third-order valence-electron chi connectivity index (χ3n) is 8.54. The van der Waals surface area contributed by atoms with Crippen molar-refractivity contribution in [1.82, 2.24) is 14.5 Å². The first-order valence-corrected chi connectivity index (χ1v) is 14.7. The molecule has 1 N–H and O–H groups in total. The molecule has 41 heavy (non-hydrogen) atoms. The zero-order valence-electron chi connectivity index (χ0n) is 23.6. The Bertz CT molecular complexity index is 1580. The van der Waals surface area contributed by atoms with Crippen LogP contribution >= 0.6 is 0 Å². The summed E-state index contributed by atoms with van der Waals surface area (Å²) in [6, 6.07) is 20.0. The Labute approximate surface area is 241 Å². The van der Waals surface area contributed by atoms with Crippen LogP contribution in [0.1, 0.15) is 47.4 Å². The van der Waals surface area contributed by atoms with E-state index in [1.807, 2.05) is 47.9 Å². The number of amides is 1. The number of hydrogen-bond acceptors (Lipinski definition) is 3.